The van der Waals surface area contributed by atoms with Crippen molar-refractivity contribution in [1.29, 1.82) is 0 Å². The van der Waals surface area contributed by atoms with Crippen molar-refractivity contribution < 1.29 is 28.6 Å². The summed E-state index contributed by atoms with van der Waals surface area (Å²) in [5, 5.41) is 0. The first kappa shape index (κ1) is 78.4. The van der Waals surface area contributed by atoms with Crippen molar-refractivity contribution in [1.82, 2.24) is 0 Å². The molecule has 476 valence electrons. The van der Waals surface area contributed by atoms with E-state index in [4.69, 9.17) is 14.2 Å². The van der Waals surface area contributed by atoms with Crippen LogP contribution in [0.25, 0.3) is 0 Å². The minimum absolute atomic E-state index is 0.0600. The molecule has 0 aliphatic heterocycles. The lowest BCUT2D eigenvalue weighted by Gasteiger charge is -2.18. The second-order valence-corrected chi connectivity index (χ2v) is 25.6. The summed E-state index contributed by atoms with van der Waals surface area (Å²) in [6.45, 7) is 6.75. The standard InChI is InChI=1S/C74H144O6/c1-4-7-10-13-16-19-22-25-28-31-32-33-34-35-36-37-38-39-40-41-42-44-46-49-52-55-58-61-64-67-73(76)79-70-71(69-78-72(75)66-63-60-57-54-51-48-45-30-27-24-21-18-15-12-9-6-3)80-74(77)68-65-62-59-56-53-50-47-43-29-26-23-20-17-14-11-8-5-2/h71H,4-70H2,1-3H3. The fraction of sp³-hybridized carbons (Fsp3) is 0.959. The van der Waals surface area contributed by atoms with E-state index >= 15 is 0 Å². The Morgan fingerprint density at radius 1 is 0.200 bits per heavy atom. The zero-order valence-electron chi connectivity index (χ0n) is 54.9. The first-order chi connectivity index (χ1) is 39.5. The van der Waals surface area contributed by atoms with Crippen molar-refractivity contribution in [2.75, 3.05) is 13.2 Å². The molecule has 0 N–H and O–H groups in total. The van der Waals surface area contributed by atoms with Gasteiger partial charge in [0.15, 0.2) is 6.10 Å². The van der Waals surface area contributed by atoms with Crippen molar-refractivity contribution in [3.8, 4) is 0 Å². The van der Waals surface area contributed by atoms with Crippen LogP contribution < -0.4 is 0 Å². The SMILES string of the molecule is CCCCCCCCCCCCCCCCCCCCCCCCCCCCCCCC(=O)OCC(COC(=O)CCCCCCCCCCCCCCCCCC)OC(=O)CCCCCCCCCCCCCCCCCCC. The van der Waals surface area contributed by atoms with Crippen LogP contribution in [0.5, 0.6) is 0 Å². The fourth-order valence-electron chi connectivity index (χ4n) is 11.8. The highest BCUT2D eigenvalue weighted by Gasteiger charge is 2.20. The molecule has 1 unspecified atom stereocenters. The van der Waals surface area contributed by atoms with Crippen molar-refractivity contribution in [3.63, 3.8) is 0 Å². The molecule has 0 spiro atoms. The summed E-state index contributed by atoms with van der Waals surface area (Å²) in [5.74, 6) is -0.817. The van der Waals surface area contributed by atoms with E-state index in [2.05, 4.69) is 20.8 Å². The average molecular weight is 1130 g/mol. The maximum absolute atomic E-state index is 12.9. The Labute approximate surface area is 501 Å². The molecule has 1 atom stereocenters. The number of unbranched alkanes of at least 4 members (excludes halogenated alkanes) is 59. The monoisotopic (exact) mass is 1130 g/mol. The summed E-state index contributed by atoms with van der Waals surface area (Å²) in [6.07, 6.45) is 82.9. The van der Waals surface area contributed by atoms with Crippen LogP contribution in [0.2, 0.25) is 0 Å². The van der Waals surface area contributed by atoms with Crippen molar-refractivity contribution in [2.24, 2.45) is 0 Å². The predicted octanol–water partition coefficient (Wildman–Crippen LogP) is 25.4. The maximum atomic E-state index is 12.9. The molecule has 0 aliphatic carbocycles. The molecule has 0 aromatic carbocycles. The third-order valence-electron chi connectivity index (χ3n) is 17.4. The molecule has 0 saturated heterocycles. The normalized spacial score (nSPS) is 11.9. The number of esters is 3. The molecule has 6 nitrogen and oxygen atoms in total. The van der Waals surface area contributed by atoms with Gasteiger partial charge in [-0.1, -0.05) is 400 Å². The summed E-state index contributed by atoms with van der Waals surface area (Å²) >= 11 is 0. The maximum Gasteiger partial charge on any atom is 0.306 e. The van der Waals surface area contributed by atoms with Crippen molar-refractivity contribution in [2.45, 2.75) is 444 Å². The zero-order chi connectivity index (χ0) is 57.8. The van der Waals surface area contributed by atoms with Crippen molar-refractivity contribution in [3.05, 3.63) is 0 Å². The Balaban J connectivity index is 4.15. The van der Waals surface area contributed by atoms with E-state index in [1.165, 1.54) is 340 Å². The van der Waals surface area contributed by atoms with Gasteiger partial charge in [-0.2, -0.15) is 0 Å². The molecule has 6 heteroatoms. The lowest BCUT2D eigenvalue weighted by molar-refractivity contribution is -0.167. The van der Waals surface area contributed by atoms with Crippen LogP contribution in [0.4, 0.5) is 0 Å². The topological polar surface area (TPSA) is 78.9 Å². The van der Waals surface area contributed by atoms with Crippen molar-refractivity contribution >= 4 is 17.9 Å². The van der Waals surface area contributed by atoms with Gasteiger partial charge in [0.05, 0.1) is 0 Å². The third-order valence-corrected chi connectivity index (χ3v) is 17.4. The molecule has 0 amide bonds. The summed E-state index contributed by atoms with van der Waals surface area (Å²) in [5.41, 5.74) is 0. The van der Waals surface area contributed by atoms with Crippen LogP contribution in [0.15, 0.2) is 0 Å². The van der Waals surface area contributed by atoms with Gasteiger partial charge in [-0.15, -0.1) is 0 Å². The van der Waals surface area contributed by atoms with E-state index in [9.17, 15) is 14.4 Å². The van der Waals surface area contributed by atoms with Gasteiger partial charge < -0.3 is 14.2 Å². The van der Waals surface area contributed by atoms with Gasteiger partial charge in [-0.3, -0.25) is 14.4 Å². The second-order valence-electron chi connectivity index (χ2n) is 25.6. The fourth-order valence-corrected chi connectivity index (χ4v) is 11.8. The first-order valence-corrected chi connectivity index (χ1v) is 37.0. The molecular formula is C74H144O6. The highest BCUT2D eigenvalue weighted by Crippen LogP contribution is 2.20. The Morgan fingerprint density at radius 3 is 0.500 bits per heavy atom. The molecule has 0 fully saturated rings. The van der Waals surface area contributed by atoms with E-state index in [-0.39, 0.29) is 31.1 Å². The molecule has 0 rings (SSSR count). The molecule has 0 aromatic rings. The van der Waals surface area contributed by atoms with Crippen LogP contribution in [-0.4, -0.2) is 37.2 Å². The smallest absolute Gasteiger partial charge is 0.306 e. The Bertz CT molecular complexity index is 1200. The predicted molar refractivity (Wildman–Crippen MR) is 349 cm³/mol. The van der Waals surface area contributed by atoms with E-state index < -0.39 is 6.10 Å². The average Bonchev–Trinajstić information content (AvgIpc) is 3.46. The number of carbonyl (C=O) groups is 3. The third kappa shape index (κ3) is 67.2. The summed E-state index contributed by atoms with van der Waals surface area (Å²) < 4.78 is 17.0. The number of carbonyl (C=O) groups excluding carboxylic acids is 3. The lowest BCUT2D eigenvalue weighted by atomic mass is 10.0. The van der Waals surface area contributed by atoms with Gasteiger partial charge >= 0.3 is 17.9 Å². The highest BCUT2D eigenvalue weighted by molar-refractivity contribution is 5.71. The van der Waals surface area contributed by atoms with E-state index in [1.54, 1.807) is 0 Å². The van der Waals surface area contributed by atoms with Gasteiger partial charge in [0, 0.05) is 19.3 Å². The molecule has 0 saturated carbocycles. The molecule has 0 aromatic heterocycles. The van der Waals surface area contributed by atoms with Crippen LogP contribution in [0.1, 0.15) is 438 Å². The summed E-state index contributed by atoms with van der Waals surface area (Å²) in [4.78, 5) is 38.5. The molecule has 80 heavy (non-hydrogen) atoms. The lowest BCUT2D eigenvalue weighted by Crippen LogP contribution is -2.30. The minimum atomic E-state index is -0.763. The number of hydrogen-bond donors (Lipinski definition) is 0. The van der Waals surface area contributed by atoms with E-state index in [0.29, 0.717) is 19.3 Å². The van der Waals surface area contributed by atoms with Gasteiger partial charge in [0.1, 0.15) is 13.2 Å². The van der Waals surface area contributed by atoms with Crippen LogP contribution in [0, 0.1) is 0 Å². The Kier molecular flexibility index (Phi) is 68.5. The highest BCUT2D eigenvalue weighted by atomic mass is 16.6. The van der Waals surface area contributed by atoms with E-state index in [1.807, 2.05) is 0 Å². The molecule has 0 radical (unpaired) electrons. The van der Waals surface area contributed by atoms with Gasteiger partial charge in [-0.25, -0.2) is 0 Å². The number of ether oxygens (including phenoxy) is 3. The van der Waals surface area contributed by atoms with Gasteiger partial charge in [0.25, 0.3) is 0 Å². The summed E-state index contributed by atoms with van der Waals surface area (Å²) in [7, 11) is 0. The molecular weight excluding hydrogens is 985 g/mol. The largest absolute Gasteiger partial charge is 0.462 e. The van der Waals surface area contributed by atoms with E-state index in [0.717, 1.165) is 57.8 Å². The number of rotatable bonds is 70. The van der Waals surface area contributed by atoms with Crippen LogP contribution in [0.3, 0.4) is 0 Å². The Morgan fingerprint density at radius 2 is 0.338 bits per heavy atom. The van der Waals surface area contributed by atoms with Gasteiger partial charge in [-0.05, 0) is 19.3 Å². The zero-order valence-corrected chi connectivity index (χ0v) is 54.9. The summed E-state index contributed by atoms with van der Waals surface area (Å²) in [6, 6.07) is 0. The second kappa shape index (κ2) is 69.9. The first-order valence-electron chi connectivity index (χ1n) is 37.0. The van der Waals surface area contributed by atoms with Gasteiger partial charge in [0.2, 0.25) is 0 Å². The van der Waals surface area contributed by atoms with Crippen LogP contribution in [-0.2, 0) is 28.6 Å². The Hall–Kier alpha value is -1.59. The molecule has 0 aliphatic rings. The number of hydrogen-bond acceptors (Lipinski definition) is 6. The van der Waals surface area contributed by atoms with Crippen LogP contribution >= 0.6 is 0 Å². The molecule has 0 bridgehead atoms. The quantitative estimate of drug-likeness (QED) is 0.0343. The molecule has 0 heterocycles. The minimum Gasteiger partial charge on any atom is -0.462 e.